The Morgan fingerprint density at radius 3 is 2.46 bits per heavy atom. The van der Waals surface area contributed by atoms with E-state index in [4.69, 9.17) is 31.2 Å². The molecule has 0 saturated carbocycles. The molecule has 6 rings (SSSR count). The minimum absolute atomic E-state index is 0.163. The minimum atomic E-state index is -1.21. The second-order valence-electron chi connectivity index (χ2n) is 13.6. The summed E-state index contributed by atoms with van der Waals surface area (Å²) in [7, 11) is 3.48. The lowest BCUT2D eigenvalue weighted by Crippen LogP contribution is -2.45. The summed E-state index contributed by atoms with van der Waals surface area (Å²) in [5.74, 6) is -0.531. The van der Waals surface area contributed by atoms with Gasteiger partial charge in [-0.2, -0.15) is 4.58 Å². The first-order valence-electron chi connectivity index (χ1n) is 15.6. The number of halogens is 1. The van der Waals surface area contributed by atoms with Crippen molar-refractivity contribution in [3.8, 4) is 21.7 Å². The lowest BCUT2D eigenvalue weighted by molar-refractivity contribution is -0.330. The minimum Gasteiger partial charge on any atom is -0.479 e. The predicted octanol–water partition coefficient (Wildman–Crippen LogP) is 8.00. The summed E-state index contributed by atoms with van der Waals surface area (Å²) in [6.45, 7) is 12.3. The normalized spacial score (nSPS) is 15.5. The fraction of sp³-hybridized carbons (Fsp3) is 0.361. The Kier molecular flexibility index (Phi) is 8.70. The number of methoxy groups -OCH3 is 1. The lowest BCUT2D eigenvalue weighted by Gasteiger charge is -2.28. The molecule has 1 atom stereocenters. The maximum atomic E-state index is 13.6. The van der Waals surface area contributed by atoms with Crippen LogP contribution in [0.5, 0.6) is 0 Å². The molecule has 0 unspecified atom stereocenters. The molecular formula is C36H39ClN5O5S+. The van der Waals surface area contributed by atoms with Gasteiger partial charge in [0.05, 0.1) is 46.1 Å². The van der Waals surface area contributed by atoms with Crippen LogP contribution >= 0.6 is 22.9 Å². The highest BCUT2D eigenvalue weighted by atomic mass is 35.5. The van der Waals surface area contributed by atoms with Gasteiger partial charge in [0.25, 0.3) is 0 Å². The Hall–Kier alpha value is -4.16. The summed E-state index contributed by atoms with van der Waals surface area (Å²) in [5.41, 5.74) is 4.13. The quantitative estimate of drug-likeness (QED) is 0.156. The van der Waals surface area contributed by atoms with E-state index >= 15 is 0 Å². The van der Waals surface area contributed by atoms with Gasteiger partial charge >= 0.3 is 17.8 Å². The van der Waals surface area contributed by atoms with Gasteiger partial charge in [-0.1, -0.05) is 23.7 Å². The first-order valence-corrected chi connectivity index (χ1v) is 16.8. The zero-order valence-corrected chi connectivity index (χ0v) is 29.9. The summed E-state index contributed by atoms with van der Waals surface area (Å²) in [6.07, 6.45) is 0.695. The Morgan fingerprint density at radius 1 is 1.12 bits per heavy atom. The van der Waals surface area contributed by atoms with Crippen LogP contribution in [0.3, 0.4) is 0 Å². The molecule has 250 valence electrons. The molecule has 0 spiro atoms. The predicted molar refractivity (Wildman–Crippen MR) is 190 cm³/mol. The standard InChI is InChI=1S/C36H38ClN5O5S/c1-20-17-25-30(28(21-9-12-23(37)13-10-21)27(20)29(33(43)44)47-35(2,3)4)48-32(38-25)22-11-14-26-24(18-22)31(39-40(26)7)41-19-36(5,6)42(34(41)45)15-16-46-8/h9-14,17-19,29H,15-16H2,1-8H3/p+1/t29-/m0/s1. The molecule has 2 aromatic heterocycles. The number of rotatable bonds is 9. The molecule has 5 aromatic rings. The number of benzene rings is 3. The number of fused-ring (bicyclic) bond motifs is 2. The molecule has 3 aromatic carbocycles. The summed E-state index contributed by atoms with van der Waals surface area (Å²) < 4.78 is 15.6. The van der Waals surface area contributed by atoms with E-state index < -0.39 is 23.2 Å². The molecule has 10 nitrogen and oxygen atoms in total. The summed E-state index contributed by atoms with van der Waals surface area (Å²) in [4.78, 5) is 33.2. The number of nitrogens with zero attached hydrogens (tertiary/aromatic N) is 5. The average Bonchev–Trinajstić information content (AvgIpc) is 3.65. The van der Waals surface area contributed by atoms with Gasteiger partial charge in [0.1, 0.15) is 10.5 Å². The Labute approximate surface area is 288 Å². The van der Waals surface area contributed by atoms with Gasteiger partial charge in [-0.15, -0.1) is 11.3 Å². The number of urea groups is 1. The van der Waals surface area contributed by atoms with Gasteiger partial charge in [-0.3, -0.25) is 0 Å². The number of carboxylic acids is 1. The summed E-state index contributed by atoms with van der Waals surface area (Å²) >= 11 is 7.75. The number of hydrogen-bond acceptors (Lipinski definition) is 7. The van der Waals surface area contributed by atoms with E-state index in [1.807, 2.05) is 91.2 Å². The highest BCUT2D eigenvalue weighted by Gasteiger charge is 2.46. The molecule has 1 aliphatic heterocycles. The van der Waals surface area contributed by atoms with Crippen molar-refractivity contribution in [3.63, 3.8) is 0 Å². The van der Waals surface area contributed by atoms with E-state index in [9.17, 15) is 14.7 Å². The van der Waals surface area contributed by atoms with Gasteiger partial charge in [0, 0.05) is 35.9 Å². The molecular weight excluding hydrogens is 650 g/mol. The number of carboxylic acid groups (broad SMARTS) is 1. The summed E-state index contributed by atoms with van der Waals surface area (Å²) in [5, 5.41) is 17.3. The second kappa shape index (κ2) is 12.4. The average molecular weight is 689 g/mol. The molecule has 48 heavy (non-hydrogen) atoms. The number of aryl methyl sites for hydroxylation is 2. The van der Waals surface area contributed by atoms with Crippen molar-refractivity contribution in [1.82, 2.24) is 19.7 Å². The fourth-order valence-electron chi connectivity index (χ4n) is 6.26. The number of amides is 2. The van der Waals surface area contributed by atoms with Gasteiger partial charge in [-0.25, -0.2) is 24.2 Å². The number of ether oxygens (including phenoxy) is 2. The van der Waals surface area contributed by atoms with Crippen LogP contribution in [0.4, 0.5) is 10.6 Å². The number of carbonyl (C=O) groups is 2. The Morgan fingerprint density at radius 2 is 1.81 bits per heavy atom. The first-order chi connectivity index (χ1) is 22.6. The van der Waals surface area contributed by atoms with Crippen LogP contribution in [0, 0.1) is 6.92 Å². The topological polar surface area (TPSA) is 110 Å². The first kappa shape index (κ1) is 33.7. The number of carbonyl (C=O) groups excluding carboxylic acids is 1. The zero-order valence-electron chi connectivity index (χ0n) is 28.3. The molecule has 1 aliphatic rings. The lowest BCUT2D eigenvalue weighted by atomic mass is 9.91. The zero-order chi connectivity index (χ0) is 34.7. The molecule has 0 radical (unpaired) electrons. The highest BCUT2D eigenvalue weighted by molar-refractivity contribution is 7.22. The van der Waals surface area contributed by atoms with Crippen molar-refractivity contribution < 1.29 is 28.7 Å². The number of aliphatic carboxylic acids is 1. The van der Waals surface area contributed by atoms with Crippen molar-refractivity contribution in [3.05, 3.63) is 64.7 Å². The van der Waals surface area contributed by atoms with Crippen molar-refractivity contribution in [1.29, 1.82) is 0 Å². The van der Waals surface area contributed by atoms with Gasteiger partial charge in [0.15, 0.2) is 6.10 Å². The monoisotopic (exact) mass is 688 g/mol. The third-order valence-electron chi connectivity index (χ3n) is 8.42. The van der Waals surface area contributed by atoms with Crippen LogP contribution in [0.15, 0.2) is 48.5 Å². The number of hydrogen-bond donors (Lipinski definition) is 1. The van der Waals surface area contributed by atoms with E-state index in [0.29, 0.717) is 29.6 Å². The maximum absolute atomic E-state index is 13.6. The van der Waals surface area contributed by atoms with E-state index in [-0.39, 0.29) is 6.03 Å². The van der Waals surface area contributed by atoms with E-state index in [2.05, 4.69) is 0 Å². The van der Waals surface area contributed by atoms with E-state index in [1.54, 1.807) is 33.4 Å². The molecule has 3 heterocycles. The number of thiazole rings is 1. The third kappa shape index (κ3) is 6.11. The summed E-state index contributed by atoms with van der Waals surface area (Å²) in [6, 6.07) is 15.1. The molecule has 0 saturated heterocycles. The second-order valence-corrected chi connectivity index (χ2v) is 15.0. The van der Waals surface area contributed by atoms with Crippen molar-refractivity contribution >= 4 is 68.1 Å². The van der Waals surface area contributed by atoms with Crippen LogP contribution in [0.25, 0.3) is 42.8 Å². The molecule has 1 N–H and O–H groups in total. The van der Waals surface area contributed by atoms with Crippen molar-refractivity contribution in [2.75, 3.05) is 20.3 Å². The van der Waals surface area contributed by atoms with Gasteiger partial charge < -0.3 is 14.6 Å². The molecule has 12 heteroatoms. The van der Waals surface area contributed by atoms with E-state index in [0.717, 1.165) is 48.4 Å². The molecule has 0 aliphatic carbocycles. The van der Waals surface area contributed by atoms with Gasteiger partial charge in [0.2, 0.25) is 0 Å². The third-order valence-corrected chi connectivity index (χ3v) is 9.81. The molecule has 0 bridgehead atoms. The van der Waals surface area contributed by atoms with E-state index in [1.165, 1.54) is 11.3 Å². The van der Waals surface area contributed by atoms with Crippen molar-refractivity contribution in [2.45, 2.75) is 58.8 Å². The van der Waals surface area contributed by atoms with Crippen LogP contribution in [0.1, 0.15) is 51.8 Å². The van der Waals surface area contributed by atoms with Gasteiger partial charge in [-0.05, 0) is 94.2 Å². The fourth-order valence-corrected chi connectivity index (χ4v) is 7.50. The Balaban J connectivity index is 1.53. The van der Waals surface area contributed by atoms with Crippen LogP contribution in [0.2, 0.25) is 5.02 Å². The largest absolute Gasteiger partial charge is 0.479 e. The van der Waals surface area contributed by atoms with Crippen LogP contribution in [-0.4, -0.2) is 79.0 Å². The van der Waals surface area contributed by atoms with Crippen LogP contribution in [-0.2, 0) is 21.3 Å². The smallest absolute Gasteiger partial charge is 0.444 e. The van der Waals surface area contributed by atoms with Crippen molar-refractivity contribution in [2.24, 2.45) is 7.05 Å². The van der Waals surface area contributed by atoms with Crippen LogP contribution < -0.4 is 0 Å². The molecule has 0 fully saturated rings. The molecule has 2 amide bonds. The number of aromatic nitrogens is 3. The Bertz CT molecular complexity index is 2110. The SMILES string of the molecule is COCCN1C(=O)[N+](c2nn(C)c3ccc(-c4nc5cc(C)c([C@H](OC(C)(C)C)C(=O)O)c(-c6ccc(Cl)cc6)c5s4)cc23)=CC1(C)C. The highest BCUT2D eigenvalue weighted by Crippen LogP contribution is 2.45. The maximum Gasteiger partial charge on any atom is 0.444 e.